The predicted molar refractivity (Wildman–Crippen MR) is 75.7 cm³/mol. The average Bonchev–Trinajstić information content (AvgIpc) is 2.43. The van der Waals surface area contributed by atoms with Crippen molar-refractivity contribution in [1.29, 1.82) is 0 Å². The summed E-state index contributed by atoms with van der Waals surface area (Å²) < 4.78 is 11.2. The molecule has 0 spiro atoms. The number of unbranched alkanes of at least 4 members (excludes halogenated alkanes) is 3. The van der Waals surface area contributed by atoms with Crippen LogP contribution < -0.4 is 9.47 Å². The fourth-order valence-electron chi connectivity index (χ4n) is 2.60. The van der Waals surface area contributed by atoms with Gasteiger partial charge in [-0.15, -0.1) is 0 Å². The van der Waals surface area contributed by atoms with E-state index in [4.69, 9.17) is 9.47 Å². The van der Waals surface area contributed by atoms with Crippen LogP contribution >= 0.6 is 0 Å². The molecule has 19 heavy (non-hydrogen) atoms. The summed E-state index contributed by atoms with van der Waals surface area (Å²) in [5.41, 5.74) is 0.880. The molecular formula is C16H24O3. The molecule has 0 aromatic heterocycles. The Balaban J connectivity index is 1.97. The zero-order chi connectivity index (χ0) is 13.7. The number of methoxy groups -OCH3 is 1. The predicted octanol–water partition coefficient (Wildman–Crippen LogP) is 3.85. The Kier molecular flexibility index (Phi) is 5.08. The minimum Gasteiger partial charge on any atom is -0.497 e. The number of rotatable bonds is 6. The van der Waals surface area contributed by atoms with Crippen molar-refractivity contribution in [1.82, 2.24) is 0 Å². The van der Waals surface area contributed by atoms with Gasteiger partial charge in [0.05, 0.1) is 13.2 Å². The van der Waals surface area contributed by atoms with E-state index in [1.807, 2.05) is 18.2 Å². The Morgan fingerprint density at radius 1 is 1.32 bits per heavy atom. The summed E-state index contributed by atoms with van der Waals surface area (Å²) in [7, 11) is 1.64. The highest BCUT2D eigenvalue weighted by atomic mass is 16.5. The zero-order valence-electron chi connectivity index (χ0n) is 11.9. The topological polar surface area (TPSA) is 38.7 Å². The third kappa shape index (κ3) is 3.63. The lowest BCUT2D eigenvalue weighted by molar-refractivity contribution is 0.0602. The smallest absolute Gasteiger partial charge is 0.129 e. The maximum atomic E-state index is 10.2. The molecule has 0 aliphatic carbocycles. The summed E-state index contributed by atoms with van der Waals surface area (Å²) in [6, 6.07) is 5.63. The second-order valence-corrected chi connectivity index (χ2v) is 5.24. The second-order valence-electron chi connectivity index (χ2n) is 5.24. The molecule has 0 saturated heterocycles. The standard InChI is InChI=1S/C16H24O3/c1-3-4-5-6-7-13-10-15(17)14-9-8-12(18-2)11-16(14)19-13/h8-9,11,13,15,17H,3-7,10H2,1-2H3. The lowest BCUT2D eigenvalue weighted by Crippen LogP contribution is -2.25. The minimum absolute atomic E-state index is 0.131. The van der Waals surface area contributed by atoms with Crippen LogP contribution in [-0.4, -0.2) is 18.3 Å². The van der Waals surface area contributed by atoms with Crippen molar-refractivity contribution in [2.45, 2.75) is 57.7 Å². The molecule has 1 aliphatic rings. The first kappa shape index (κ1) is 14.2. The van der Waals surface area contributed by atoms with Gasteiger partial charge in [-0.1, -0.05) is 26.2 Å². The van der Waals surface area contributed by atoms with Gasteiger partial charge in [-0.2, -0.15) is 0 Å². The van der Waals surface area contributed by atoms with E-state index in [-0.39, 0.29) is 6.10 Å². The molecule has 2 rings (SSSR count). The summed E-state index contributed by atoms with van der Waals surface area (Å²) in [6.45, 7) is 2.21. The number of aliphatic hydroxyl groups excluding tert-OH is 1. The van der Waals surface area contributed by atoms with Gasteiger partial charge >= 0.3 is 0 Å². The summed E-state index contributed by atoms with van der Waals surface area (Å²) in [5, 5.41) is 10.2. The first-order chi connectivity index (χ1) is 9.24. The van der Waals surface area contributed by atoms with Crippen LogP contribution in [0, 0.1) is 0 Å². The number of hydrogen-bond donors (Lipinski definition) is 1. The Morgan fingerprint density at radius 2 is 2.16 bits per heavy atom. The lowest BCUT2D eigenvalue weighted by Gasteiger charge is -2.30. The first-order valence-electron chi connectivity index (χ1n) is 7.27. The molecule has 0 amide bonds. The fraction of sp³-hybridized carbons (Fsp3) is 0.625. The summed E-state index contributed by atoms with van der Waals surface area (Å²) in [6.07, 6.45) is 6.38. The van der Waals surface area contributed by atoms with E-state index in [2.05, 4.69) is 6.92 Å². The van der Waals surface area contributed by atoms with Crippen LogP contribution in [0.25, 0.3) is 0 Å². The van der Waals surface area contributed by atoms with E-state index in [1.54, 1.807) is 7.11 Å². The van der Waals surface area contributed by atoms with Crippen molar-refractivity contribution in [2.24, 2.45) is 0 Å². The normalized spacial score (nSPS) is 21.6. The molecule has 1 aliphatic heterocycles. The molecule has 2 atom stereocenters. The van der Waals surface area contributed by atoms with Crippen LogP contribution in [0.2, 0.25) is 0 Å². The highest BCUT2D eigenvalue weighted by Gasteiger charge is 2.26. The highest BCUT2D eigenvalue weighted by Crippen LogP contribution is 2.38. The van der Waals surface area contributed by atoms with Crippen molar-refractivity contribution >= 4 is 0 Å². The minimum atomic E-state index is -0.411. The third-order valence-electron chi connectivity index (χ3n) is 3.74. The van der Waals surface area contributed by atoms with Gasteiger partial charge in [0.1, 0.15) is 17.6 Å². The number of aliphatic hydroxyl groups is 1. The highest BCUT2D eigenvalue weighted by molar-refractivity contribution is 5.43. The van der Waals surface area contributed by atoms with Crippen molar-refractivity contribution in [2.75, 3.05) is 7.11 Å². The summed E-state index contributed by atoms with van der Waals surface area (Å²) >= 11 is 0. The molecule has 0 fully saturated rings. The van der Waals surface area contributed by atoms with Gasteiger partial charge in [0.15, 0.2) is 0 Å². The van der Waals surface area contributed by atoms with Crippen LogP contribution in [-0.2, 0) is 0 Å². The van der Waals surface area contributed by atoms with E-state index in [0.29, 0.717) is 6.42 Å². The number of benzene rings is 1. The van der Waals surface area contributed by atoms with Crippen molar-refractivity contribution in [3.8, 4) is 11.5 Å². The monoisotopic (exact) mass is 264 g/mol. The molecule has 1 N–H and O–H groups in total. The lowest BCUT2D eigenvalue weighted by atomic mass is 9.96. The number of fused-ring (bicyclic) bond motifs is 1. The van der Waals surface area contributed by atoms with E-state index in [0.717, 1.165) is 23.5 Å². The van der Waals surface area contributed by atoms with Crippen LogP contribution in [0.4, 0.5) is 0 Å². The average molecular weight is 264 g/mol. The van der Waals surface area contributed by atoms with E-state index in [1.165, 1.54) is 25.7 Å². The molecule has 1 heterocycles. The van der Waals surface area contributed by atoms with Gasteiger partial charge in [0, 0.05) is 18.1 Å². The van der Waals surface area contributed by atoms with Crippen molar-refractivity contribution in [3.63, 3.8) is 0 Å². The Morgan fingerprint density at radius 3 is 2.89 bits per heavy atom. The Labute approximate surface area is 115 Å². The van der Waals surface area contributed by atoms with Crippen LogP contribution in [0.1, 0.15) is 57.1 Å². The summed E-state index contributed by atoms with van der Waals surface area (Å²) in [4.78, 5) is 0. The number of hydrogen-bond acceptors (Lipinski definition) is 3. The molecule has 106 valence electrons. The molecule has 3 heteroatoms. The largest absolute Gasteiger partial charge is 0.497 e. The maximum Gasteiger partial charge on any atom is 0.129 e. The summed E-state index contributed by atoms with van der Waals surface area (Å²) in [5.74, 6) is 1.55. The van der Waals surface area contributed by atoms with Gasteiger partial charge in [-0.25, -0.2) is 0 Å². The van der Waals surface area contributed by atoms with Gasteiger partial charge in [0.25, 0.3) is 0 Å². The SMILES string of the molecule is CCCCCCC1CC(O)c2ccc(OC)cc2O1. The second kappa shape index (κ2) is 6.80. The molecule has 0 saturated carbocycles. The quantitative estimate of drug-likeness (QED) is 0.793. The molecule has 0 bridgehead atoms. The van der Waals surface area contributed by atoms with Crippen molar-refractivity contribution in [3.05, 3.63) is 23.8 Å². The van der Waals surface area contributed by atoms with E-state index in [9.17, 15) is 5.11 Å². The Bertz CT molecular complexity index is 403. The fourth-order valence-corrected chi connectivity index (χ4v) is 2.60. The third-order valence-corrected chi connectivity index (χ3v) is 3.74. The Hall–Kier alpha value is -1.22. The van der Waals surface area contributed by atoms with Gasteiger partial charge in [-0.3, -0.25) is 0 Å². The maximum absolute atomic E-state index is 10.2. The van der Waals surface area contributed by atoms with Crippen LogP contribution in [0.5, 0.6) is 11.5 Å². The van der Waals surface area contributed by atoms with Crippen molar-refractivity contribution < 1.29 is 14.6 Å². The molecule has 2 unspecified atom stereocenters. The van der Waals surface area contributed by atoms with Gasteiger partial charge in [0.2, 0.25) is 0 Å². The molecular weight excluding hydrogens is 240 g/mol. The van der Waals surface area contributed by atoms with Crippen LogP contribution in [0.3, 0.4) is 0 Å². The van der Waals surface area contributed by atoms with Crippen LogP contribution in [0.15, 0.2) is 18.2 Å². The first-order valence-corrected chi connectivity index (χ1v) is 7.27. The number of ether oxygens (including phenoxy) is 2. The van der Waals surface area contributed by atoms with Gasteiger partial charge in [-0.05, 0) is 25.0 Å². The van der Waals surface area contributed by atoms with E-state index >= 15 is 0 Å². The molecule has 0 radical (unpaired) electrons. The molecule has 1 aromatic carbocycles. The van der Waals surface area contributed by atoms with Gasteiger partial charge < -0.3 is 14.6 Å². The zero-order valence-corrected chi connectivity index (χ0v) is 11.9. The molecule has 1 aromatic rings. The molecule has 3 nitrogen and oxygen atoms in total. The van der Waals surface area contributed by atoms with E-state index < -0.39 is 6.10 Å².